The van der Waals surface area contributed by atoms with E-state index in [9.17, 15) is 0 Å². The van der Waals surface area contributed by atoms with Crippen LogP contribution in [0.5, 0.6) is 0 Å². The summed E-state index contributed by atoms with van der Waals surface area (Å²) < 4.78 is 0. The second-order valence-electron chi connectivity index (χ2n) is 6.12. The van der Waals surface area contributed by atoms with Gasteiger partial charge >= 0.3 is 0 Å². The molecule has 0 spiro atoms. The van der Waals surface area contributed by atoms with Crippen molar-refractivity contribution < 1.29 is 0 Å². The highest BCUT2D eigenvalue weighted by atomic mass is 15.3. The van der Waals surface area contributed by atoms with Gasteiger partial charge in [-0.3, -0.25) is 4.90 Å². The number of rotatable bonds is 2. The summed E-state index contributed by atoms with van der Waals surface area (Å²) in [5, 5.41) is 0. The maximum absolute atomic E-state index is 5.97. The number of nitrogens with two attached hydrogens (primary N) is 1. The smallest absolute Gasteiger partial charge is 0.0224 e. The molecule has 0 aromatic carbocycles. The van der Waals surface area contributed by atoms with E-state index >= 15 is 0 Å². The van der Waals surface area contributed by atoms with Gasteiger partial charge in [0, 0.05) is 30.7 Å². The third-order valence-electron chi connectivity index (χ3n) is 4.96. The zero-order chi connectivity index (χ0) is 12.4. The van der Waals surface area contributed by atoms with Crippen molar-refractivity contribution in [2.45, 2.75) is 70.1 Å². The Morgan fingerprint density at radius 3 is 2.53 bits per heavy atom. The van der Waals surface area contributed by atoms with Gasteiger partial charge in [-0.15, -0.1) is 0 Å². The number of likely N-dealkylation sites (tertiary alicyclic amines) is 2. The number of hydrogen-bond acceptors (Lipinski definition) is 3. The van der Waals surface area contributed by atoms with Crippen LogP contribution in [-0.4, -0.2) is 54.1 Å². The zero-order valence-electron chi connectivity index (χ0n) is 11.7. The summed E-state index contributed by atoms with van der Waals surface area (Å²) in [6, 6.07) is 2.86. The van der Waals surface area contributed by atoms with E-state index in [1.165, 1.54) is 38.6 Å². The van der Waals surface area contributed by atoms with Crippen LogP contribution in [0.1, 0.15) is 46.0 Å². The molecule has 2 N–H and O–H groups in total. The maximum atomic E-state index is 5.97. The Morgan fingerprint density at radius 2 is 1.88 bits per heavy atom. The summed E-state index contributed by atoms with van der Waals surface area (Å²) in [5.41, 5.74) is 5.97. The molecule has 2 aliphatic heterocycles. The third-order valence-corrected chi connectivity index (χ3v) is 4.96. The first-order valence-corrected chi connectivity index (χ1v) is 7.31. The Morgan fingerprint density at radius 1 is 1.12 bits per heavy atom. The van der Waals surface area contributed by atoms with Crippen LogP contribution in [0.25, 0.3) is 0 Å². The van der Waals surface area contributed by atoms with Crippen molar-refractivity contribution >= 4 is 0 Å². The first-order chi connectivity index (χ1) is 8.13. The second kappa shape index (κ2) is 5.68. The first-order valence-electron chi connectivity index (χ1n) is 7.31. The lowest BCUT2D eigenvalue weighted by molar-refractivity contribution is 0.00780. The molecule has 2 fully saturated rings. The van der Waals surface area contributed by atoms with E-state index in [-0.39, 0.29) is 0 Å². The van der Waals surface area contributed by atoms with E-state index in [4.69, 9.17) is 5.73 Å². The average Bonchev–Trinajstić information content (AvgIpc) is 2.32. The highest BCUT2D eigenvalue weighted by Gasteiger charge is 2.35. The fourth-order valence-electron chi connectivity index (χ4n) is 3.74. The molecule has 3 heteroatoms. The van der Waals surface area contributed by atoms with Crippen molar-refractivity contribution in [2.24, 2.45) is 5.73 Å². The van der Waals surface area contributed by atoms with Crippen molar-refractivity contribution in [3.05, 3.63) is 0 Å². The molecule has 0 aromatic rings. The summed E-state index contributed by atoms with van der Waals surface area (Å²) >= 11 is 0. The molecule has 4 unspecified atom stereocenters. The summed E-state index contributed by atoms with van der Waals surface area (Å²) in [6.45, 7) is 6.83. The van der Waals surface area contributed by atoms with Crippen LogP contribution in [0, 0.1) is 0 Å². The van der Waals surface area contributed by atoms with E-state index in [1.807, 2.05) is 0 Å². The van der Waals surface area contributed by atoms with Crippen molar-refractivity contribution in [2.75, 3.05) is 20.1 Å². The predicted octanol–water partition coefficient (Wildman–Crippen LogP) is 1.67. The topological polar surface area (TPSA) is 32.5 Å². The molecule has 0 aromatic heterocycles. The lowest BCUT2D eigenvalue weighted by atomic mass is 9.89. The van der Waals surface area contributed by atoms with Crippen LogP contribution in [0.4, 0.5) is 0 Å². The Hall–Kier alpha value is -0.120. The normalized spacial score (nSPS) is 41.6. The molecule has 4 atom stereocenters. The van der Waals surface area contributed by atoms with Gasteiger partial charge in [-0.05, 0) is 53.1 Å². The van der Waals surface area contributed by atoms with Crippen LogP contribution in [0.2, 0.25) is 0 Å². The Kier molecular flexibility index (Phi) is 4.45. The average molecular weight is 239 g/mol. The van der Waals surface area contributed by atoms with Crippen molar-refractivity contribution in [3.63, 3.8) is 0 Å². The predicted molar refractivity (Wildman–Crippen MR) is 73.1 cm³/mol. The molecule has 0 amide bonds. The molecule has 2 heterocycles. The molecule has 0 bridgehead atoms. The van der Waals surface area contributed by atoms with Gasteiger partial charge in [0.15, 0.2) is 0 Å². The molecule has 2 rings (SSSR count). The SMILES string of the molecule is CC1CC(N2C(C)CCCC2CN)CCN1C. The van der Waals surface area contributed by atoms with Crippen molar-refractivity contribution in [1.29, 1.82) is 0 Å². The van der Waals surface area contributed by atoms with Crippen LogP contribution >= 0.6 is 0 Å². The Bertz CT molecular complexity index is 244. The van der Waals surface area contributed by atoms with Crippen LogP contribution in [-0.2, 0) is 0 Å². The van der Waals surface area contributed by atoms with Crippen molar-refractivity contribution in [3.8, 4) is 0 Å². The first kappa shape index (κ1) is 13.3. The van der Waals surface area contributed by atoms with Gasteiger partial charge in [-0.1, -0.05) is 6.42 Å². The molecular formula is C14H29N3. The second-order valence-corrected chi connectivity index (χ2v) is 6.12. The summed E-state index contributed by atoms with van der Waals surface area (Å²) in [7, 11) is 2.25. The molecule has 3 nitrogen and oxygen atoms in total. The van der Waals surface area contributed by atoms with E-state index < -0.39 is 0 Å². The molecule has 100 valence electrons. The fourth-order valence-corrected chi connectivity index (χ4v) is 3.74. The van der Waals surface area contributed by atoms with Crippen LogP contribution in [0.15, 0.2) is 0 Å². The summed E-state index contributed by atoms with van der Waals surface area (Å²) in [5.74, 6) is 0. The van der Waals surface area contributed by atoms with Gasteiger partial charge < -0.3 is 10.6 Å². The van der Waals surface area contributed by atoms with Gasteiger partial charge in [0.05, 0.1) is 0 Å². The van der Waals surface area contributed by atoms with Gasteiger partial charge in [0.2, 0.25) is 0 Å². The third kappa shape index (κ3) is 2.83. The Labute approximate surface area is 106 Å². The lowest BCUT2D eigenvalue weighted by Crippen LogP contribution is -2.57. The van der Waals surface area contributed by atoms with Gasteiger partial charge in [-0.2, -0.15) is 0 Å². The van der Waals surface area contributed by atoms with Gasteiger partial charge in [0.1, 0.15) is 0 Å². The van der Waals surface area contributed by atoms with Crippen LogP contribution in [0.3, 0.4) is 0 Å². The van der Waals surface area contributed by atoms with E-state index in [1.54, 1.807) is 0 Å². The lowest BCUT2D eigenvalue weighted by Gasteiger charge is -2.49. The molecule has 2 aliphatic rings. The van der Waals surface area contributed by atoms with E-state index in [0.717, 1.165) is 24.7 Å². The minimum Gasteiger partial charge on any atom is -0.329 e. The minimum absolute atomic E-state index is 0.638. The van der Waals surface area contributed by atoms with Crippen LogP contribution < -0.4 is 5.73 Å². The largest absolute Gasteiger partial charge is 0.329 e. The summed E-state index contributed by atoms with van der Waals surface area (Å²) in [4.78, 5) is 5.25. The number of nitrogens with zero attached hydrogens (tertiary/aromatic N) is 2. The van der Waals surface area contributed by atoms with E-state index in [0.29, 0.717) is 6.04 Å². The minimum atomic E-state index is 0.638. The molecule has 0 aliphatic carbocycles. The number of piperidine rings is 2. The summed E-state index contributed by atoms with van der Waals surface area (Å²) in [6.07, 6.45) is 6.67. The molecule has 0 radical (unpaired) electrons. The highest BCUT2D eigenvalue weighted by molar-refractivity contribution is 4.92. The molecule has 0 saturated carbocycles. The van der Waals surface area contributed by atoms with Gasteiger partial charge in [-0.25, -0.2) is 0 Å². The van der Waals surface area contributed by atoms with Crippen molar-refractivity contribution in [1.82, 2.24) is 9.80 Å². The molecular weight excluding hydrogens is 210 g/mol. The molecule has 17 heavy (non-hydrogen) atoms. The Balaban J connectivity index is 2.03. The molecule has 2 saturated heterocycles. The number of hydrogen-bond donors (Lipinski definition) is 1. The fraction of sp³-hybridized carbons (Fsp3) is 1.00. The maximum Gasteiger partial charge on any atom is 0.0224 e. The monoisotopic (exact) mass is 239 g/mol. The highest BCUT2D eigenvalue weighted by Crippen LogP contribution is 2.30. The zero-order valence-corrected chi connectivity index (χ0v) is 11.7. The quantitative estimate of drug-likeness (QED) is 0.795. The van der Waals surface area contributed by atoms with Gasteiger partial charge in [0.25, 0.3) is 0 Å². The standard InChI is InChI=1S/C14H29N3/c1-11-5-4-6-14(10-15)17(11)13-7-8-16(3)12(2)9-13/h11-14H,4-10,15H2,1-3H3. The van der Waals surface area contributed by atoms with E-state index in [2.05, 4.69) is 30.7 Å².